The average Bonchev–Trinajstić information content (AvgIpc) is 3.19. The fourth-order valence-electron chi connectivity index (χ4n) is 6.37. The van der Waals surface area contributed by atoms with Crippen molar-refractivity contribution in [1.29, 1.82) is 0 Å². The molecule has 194 valence electrons. The second-order valence-electron chi connectivity index (χ2n) is 11.4. The topological polar surface area (TPSA) is 87.2 Å². The van der Waals surface area contributed by atoms with Gasteiger partial charge in [0, 0.05) is 50.3 Å². The van der Waals surface area contributed by atoms with Crippen molar-refractivity contribution in [3.8, 4) is 0 Å². The van der Waals surface area contributed by atoms with Crippen LogP contribution in [0, 0.1) is 17.3 Å². The minimum absolute atomic E-state index is 0.0180. The van der Waals surface area contributed by atoms with E-state index < -0.39 is 6.10 Å². The summed E-state index contributed by atoms with van der Waals surface area (Å²) in [6.07, 6.45) is 3.26. The molecule has 1 aromatic carbocycles. The van der Waals surface area contributed by atoms with Gasteiger partial charge in [-0.2, -0.15) is 0 Å². The van der Waals surface area contributed by atoms with Gasteiger partial charge in [-0.05, 0) is 54.7 Å². The standard InChI is InChI=1S/C27H35ClN4O4/c1-26(19-3-8-35-14-19)12-20(26)25(34)30-24-11-17-10-22(21(28)9-18(17)13-29-24)31-4-6-32(7-5-31)27(2)16-36-15-23(27)33/h9-11,13,19-20,23,33H,3-8,12,14-16H2,1-2H3,(H,29,30,34)/t19?,20-,23-,26-,27+/m1/s1. The third kappa shape index (κ3) is 4.17. The number of hydrogen-bond acceptors (Lipinski definition) is 7. The van der Waals surface area contributed by atoms with Gasteiger partial charge in [-0.1, -0.05) is 18.5 Å². The number of carbonyl (C=O) groups excluding carboxylic acids is 1. The van der Waals surface area contributed by atoms with E-state index in [4.69, 9.17) is 21.1 Å². The second kappa shape index (κ2) is 9.10. The van der Waals surface area contributed by atoms with Crippen LogP contribution >= 0.6 is 11.6 Å². The van der Waals surface area contributed by atoms with Crippen molar-refractivity contribution >= 4 is 39.8 Å². The SMILES string of the molecule is C[C@]1(N2CCN(c3cc4cc(NC(=O)[C@H]5C[C@]5(C)C5CCOC5)ncc4cc3Cl)CC2)COC[C@H]1O. The van der Waals surface area contributed by atoms with Gasteiger partial charge in [-0.15, -0.1) is 0 Å². The van der Waals surface area contributed by atoms with Crippen LogP contribution in [0.25, 0.3) is 10.8 Å². The summed E-state index contributed by atoms with van der Waals surface area (Å²) in [4.78, 5) is 22.1. The molecule has 3 aliphatic heterocycles. The number of aliphatic hydroxyl groups excluding tert-OH is 1. The van der Waals surface area contributed by atoms with Crippen LogP contribution in [0.4, 0.5) is 11.5 Å². The van der Waals surface area contributed by atoms with E-state index in [-0.39, 0.29) is 22.8 Å². The molecule has 4 aliphatic rings. The Morgan fingerprint density at radius 3 is 2.64 bits per heavy atom. The highest BCUT2D eigenvalue weighted by Gasteiger charge is 2.59. The van der Waals surface area contributed by atoms with E-state index in [0.29, 0.717) is 30.0 Å². The number of fused-ring (bicyclic) bond motifs is 1. The summed E-state index contributed by atoms with van der Waals surface area (Å²) in [5, 5.41) is 16.1. The first-order chi connectivity index (χ1) is 17.3. The number of aliphatic hydroxyl groups is 1. The molecule has 1 amide bonds. The maximum absolute atomic E-state index is 13.0. The van der Waals surface area contributed by atoms with Gasteiger partial charge in [-0.25, -0.2) is 4.98 Å². The first-order valence-electron chi connectivity index (χ1n) is 13.0. The highest BCUT2D eigenvalue weighted by Crippen LogP contribution is 2.59. The van der Waals surface area contributed by atoms with Crippen LogP contribution in [-0.2, 0) is 14.3 Å². The Balaban J connectivity index is 1.15. The molecule has 1 unspecified atom stereocenters. The number of benzene rings is 1. The van der Waals surface area contributed by atoms with E-state index in [0.717, 1.165) is 68.7 Å². The number of nitrogens with one attached hydrogen (secondary N) is 1. The quantitative estimate of drug-likeness (QED) is 0.633. The van der Waals surface area contributed by atoms with E-state index in [1.807, 2.05) is 12.1 Å². The number of amides is 1. The molecule has 2 N–H and O–H groups in total. The summed E-state index contributed by atoms with van der Waals surface area (Å²) in [5.74, 6) is 1.11. The van der Waals surface area contributed by atoms with Gasteiger partial charge in [0.05, 0.1) is 42.2 Å². The summed E-state index contributed by atoms with van der Waals surface area (Å²) < 4.78 is 11.1. The molecule has 8 nitrogen and oxygen atoms in total. The van der Waals surface area contributed by atoms with Crippen LogP contribution < -0.4 is 10.2 Å². The highest BCUT2D eigenvalue weighted by molar-refractivity contribution is 6.34. The van der Waals surface area contributed by atoms with Crippen LogP contribution in [0.3, 0.4) is 0 Å². The largest absolute Gasteiger partial charge is 0.389 e. The number of carbonyl (C=O) groups is 1. The molecule has 3 saturated heterocycles. The maximum Gasteiger partial charge on any atom is 0.229 e. The molecule has 1 saturated carbocycles. The number of pyridine rings is 1. The Kier molecular flexibility index (Phi) is 6.16. The van der Waals surface area contributed by atoms with Gasteiger partial charge < -0.3 is 24.8 Å². The smallest absolute Gasteiger partial charge is 0.229 e. The molecule has 36 heavy (non-hydrogen) atoms. The first-order valence-corrected chi connectivity index (χ1v) is 13.4. The number of anilines is 2. The van der Waals surface area contributed by atoms with Crippen LogP contribution in [0.1, 0.15) is 26.7 Å². The fourth-order valence-corrected chi connectivity index (χ4v) is 6.66. The lowest BCUT2D eigenvalue weighted by Gasteiger charge is -2.45. The predicted molar refractivity (Wildman–Crippen MR) is 140 cm³/mol. The van der Waals surface area contributed by atoms with Crippen LogP contribution in [-0.4, -0.2) is 85.1 Å². The molecule has 5 atom stereocenters. The van der Waals surface area contributed by atoms with Crippen molar-refractivity contribution in [1.82, 2.24) is 9.88 Å². The third-order valence-electron chi connectivity index (χ3n) is 9.23. The lowest BCUT2D eigenvalue weighted by atomic mass is 9.88. The van der Waals surface area contributed by atoms with E-state index in [1.165, 1.54) is 0 Å². The predicted octanol–water partition coefficient (Wildman–Crippen LogP) is 3.16. The Morgan fingerprint density at radius 1 is 1.14 bits per heavy atom. The number of halogens is 1. The first kappa shape index (κ1) is 24.4. The molecule has 1 aliphatic carbocycles. The Labute approximate surface area is 216 Å². The molecular weight excluding hydrogens is 480 g/mol. The van der Waals surface area contributed by atoms with Crippen molar-refractivity contribution in [3.63, 3.8) is 0 Å². The maximum atomic E-state index is 13.0. The number of rotatable bonds is 5. The zero-order valence-corrected chi connectivity index (χ0v) is 21.8. The minimum Gasteiger partial charge on any atom is -0.389 e. The molecule has 0 bridgehead atoms. The molecule has 4 heterocycles. The monoisotopic (exact) mass is 514 g/mol. The zero-order chi connectivity index (χ0) is 25.1. The number of aromatic nitrogens is 1. The van der Waals surface area contributed by atoms with Gasteiger partial charge in [0.15, 0.2) is 0 Å². The lowest BCUT2D eigenvalue weighted by molar-refractivity contribution is -0.118. The Bertz CT molecular complexity index is 1170. The molecule has 4 fully saturated rings. The molecule has 0 spiro atoms. The van der Waals surface area contributed by atoms with E-state index in [9.17, 15) is 9.90 Å². The Morgan fingerprint density at radius 2 is 1.94 bits per heavy atom. The molecule has 0 radical (unpaired) electrons. The second-order valence-corrected chi connectivity index (χ2v) is 11.8. The number of nitrogens with zero attached hydrogens (tertiary/aromatic N) is 3. The summed E-state index contributed by atoms with van der Waals surface area (Å²) in [6.45, 7) is 10.1. The molecule has 6 rings (SSSR count). The molecule has 1 aromatic heterocycles. The van der Waals surface area contributed by atoms with Crippen molar-refractivity contribution in [2.75, 3.05) is 62.8 Å². The third-order valence-corrected chi connectivity index (χ3v) is 9.53. The number of piperazine rings is 1. The van der Waals surface area contributed by atoms with Crippen LogP contribution in [0.5, 0.6) is 0 Å². The van der Waals surface area contributed by atoms with Crippen molar-refractivity contribution in [2.24, 2.45) is 17.3 Å². The van der Waals surface area contributed by atoms with Crippen molar-refractivity contribution < 1.29 is 19.4 Å². The average molecular weight is 515 g/mol. The number of ether oxygens (including phenoxy) is 2. The van der Waals surface area contributed by atoms with Crippen LogP contribution in [0.15, 0.2) is 24.4 Å². The van der Waals surface area contributed by atoms with E-state index in [2.05, 4.69) is 40.0 Å². The van der Waals surface area contributed by atoms with Gasteiger partial charge >= 0.3 is 0 Å². The highest BCUT2D eigenvalue weighted by atomic mass is 35.5. The molecule has 2 aromatic rings. The Hall–Kier alpha value is -1.97. The van der Waals surface area contributed by atoms with E-state index >= 15 is 0 Å². The van der Waals surface area contributed by atoms with Gasteiger partial charge in [0.2, 0.25) is 5.91 Å². The van der Waals surface area contributed by atoms with Gasteiger partial charge in [0.1, 0.15) is 5.82 Å². The minimum atomic E-state index is -0.463. The van der Waals surface area contributed by atoms with Crippen molar-refractivity contribution in [2.45, 2.75) is 38.3 Å². The van der Waals surface area contributed by atoms with Crippen LogP contribution in [0.2, 0.25) is 5.02 Å². The van der Waals surface area contributed by atoms with Gasteiger partial charge in [-0.3, -0.25) is 9.69 Å². The fraction of sp³-hybridized carbons (Fsp3) is 0.630. The van der Waals surface area contributed by atoms with E-state index in [1.54, 1.807) is 6.20 Å². The normalized spacial score (nSPS) is 34.9. The lowest BCUT2D eigenvalue weighted by Crippen LogP contribution is -2.60. The number of hydrogen-bond donors (Lipinski definition) is 2. The summed E-state index contributed by atoms with van der Waals surface area (Å²) in [7, 11) is 0. The summed E-state index contributed by atoms with van der Waals surface area (Å²) in [5.41, 5.74) is 0.690. The summed E-state index contributed by atoms with van der Waals surface area (Å²) in [6, 6.07) is 5.98. The zero-order valence-electron chi connectivity index (χ0n) is 21.0. The van der Waals surface area contributed by atoms with Crippen molar-refractivity contribution in [3.05, 3.63) is 29.4 Å². The molecular formula is C27H35ClN4O4. The summed E-state index contributed by atoms with van der Waals surface area (Å²) >= 11 is 6.70. The van der Waals surface area contributed by atoms with Gasteiger partial charge in [0.25, 0.3) is 0 Å². The molecule has 9 heteroatoms.